The molecule has 3 aliphatic rings. The summed E-state index contributed by atoms with van der Waals surface area (Å²) in [6, 6.07) is 16.2. The SMILES string of the molecule is O=C(N[C@H]1CC[C@@H](NC(=O)C2CN3C=C(F)C=CC3=N2)CC1)c1cc(F)cnc1Nc1ccc2c(cnn2Cc2ccccc2)c1. The summed E-state index contributed by atoms with van der Waals surface area (Å²) in [5.41, 5.74) is 2.90. The van der Waals surface area contributed by atoms with Gasteiger partial charge in [0.25, 0.3) is 5.91 Å². The Labute approximate surface area is 263 Å². The van der Waals surface area contributed by atoms with Crippen LogP contribution in [0.3, 0.4) is 0 Å². The molecule has 2 amide bonds. The fourth-order valence-corrected chi connectivity index (χ4v) is 6.14. The van der Waals surface area contributed by atoms with Crippen LogP contribution in [0.1, 0.15) is 41.6 Å². The molecule has 2 aromatic carbocycles. The number of fused-ring (bicyclic) bond motifs is 2. The lowest BCUT2D eigenvalue weighted by Gasteiger charge is -2.30. The van der Waals surface area contributed by atoms with Crippen molar-refractivity contribution in [2.45, 2.75) is 50.4 Å². The number of carbonyl (C=O) groups is 2. The van der Waals surface area contributed by atoms with Gasteiger partial charge in [0, 0.05) is 29.4 Å². The number of aliphatic imine (C=N–C) groups is 1. The third-order valence-corrected chi connectivity index (χ3v) is 8.51. The lowest BCUT2D eigenvalue weighted by Crippen LogP contribution is -2.46. The van der Waals surface area contributed by atoms with Gasteiger partial charge in [0.15, 0.2) is 0 Å². The van der Waals surface area contributed by atoms with Crippen LogP contribution in [0.4, 0.5) is 20.3 Å². The van der Waals surface area contributed by atoms with Gasteiger partial charge in [-0.05, 0) is 67.7 Å². The Hall–Kier alpha value is -5.39. The zero-order valence-electron chi connectivity index (χ0n) is 24.9. The second kappa shape index (κ2) is 12.5. The first kappa shape index (κ1) is 29.3. The fraction of sp³-hybridized carbons (Fsp3) is 0.265. The lowest BCUT2D eigenvalue weighted by atomic mass is 9.90. The number of halogens is 2. The molecule has 3 N–H and O–H groups in total. The Morgan fingerprint density at radius 1 is 0.913 bits per heavy atom. The number of carbonyl (C=O) groups excluding carboxylic acids is 2. The number of rotatable bonds is 8. The van der Waals surface area contributed by atoms with E-state index < -0.39 is 17.8 Å². The molecule has 234 valence electrons. The summed E-state index contributed by atoms with van der Waals surface area (Å²) < 4.78 is 29.7. The zero-order valence-corrected chi connectivity index (χ0v) is 24.9. The lowest BCUT2D eigenvalue weighted by molar-refractivity contribution is -0.123. The van der Waals surface area contributed by atoms with E-state index in [-0.39, 0.29) is 35.2 Å². The molecule has 2 aliphatic heterocycles. The van der Waals surface area contributed by atoms with Crippen molar-refractivity contribution in [1.82, 2.24) is 30.3 Å². The van der Waals surface area contributed by atoms with Gasteiger partial charge in [-0.2, -0.15) is 5.10 Å². The smallest absolute Gasteiger partial charge is 0.255 e. The van der Waals surface area contributed by atoms with Crippen LogP contribution < -0.4 is 16.0 Å². The van der Waals surface area contributed by atoms with Gasteiger partial charge in [0.1, 0.15) is 29.3 Å². The quantitative estimate of drug-likeness (QED) is 0.255. The minimum atomic E-state index is -0.611. The number of nitrogens with zero attached hydrogens (tertiary/aromatic N) is 5. The minimum absolute atomic E-state index is 0.0543. The predicted octanol–water partition coefficient (Wildman–Crippen LogP) is 4.98. The van der Waals surface area contributed by atoms with Crippen molar-refractivity contribution in [3.05, 3.63) is 108 Å². The topological polar surface area (TPSA) is 117 Å². The first-order valence-corrected chi connectivity index (χ1v) is 15.3. The maximum Gasteiger partial charge on any atom is 0.255 e. The van der Waals surface area contributed by atoms with Gasteiger partial charge in [-0.3, -0.25) is 19.3 Å². The number of anilines is 2. The van der Waals surface area contributed by atoms with Gasteiger partial charge in [-0.15, -0.1) is 0 Å². The van der Waals surface area contributed by atoms with Crippen molar-refractivity contribution in [3.63, 3.8) is 0 Å². The first-order valence-electron chi connectivity index (χ1n) is 15.3. The van der Waals surface area contributed by atoms with Crippen molar-refractivity contribution in [1.29, 1.82) is 0 Å². The highest BCUT2D eigenvalue weighted by Gasteiger charge is 2.32. The predicted molar refractivity (Wildman–Crippen MR) is 171 cm³/mol. The number of aromatic nitrogens is 3. The molecule has 46 heavy (non-hydrogen) atoms. The molecule has 4 heterocycles. The normalized spacial score (nSPS) is 20.6. The van der Waals surface area contributed by atoms with Crippen LogP contribution in [0, 0.1) is 5.82 Å². The maximum atomic E-state index is 14.3. The molecule has 7 rings (SSSR count). The van der Waals surface area contributed by atoms with Crippen LogP contribution in [0.2, 0.25) is 0 Å². The van der Waals surface area contributed by atoms with E-state index in [0.717, 1.165) is 22.7 Å². The highest BCUT2D eigenvalue weighted by atomic mass is 19.1. The van der Waals surface area contributed by atoms with E-state index in [2.05, 4.69) is 43.2 Å². The van der Waals surface area contributed by atoms with Crippen molar-refractivity contribution in [2.75, 3.05) is 11.9 Å². The second-order valence-electron chi connectivity index (χ2n) is 11.8. The Morgan fingerprint density at radius 2 is 1.70 bits per heavy atom. The van der Waals surface area contributed by atoms with Crippen LogP contribution in [0.25, 0.3) is 10.9 Å². The van der Waals surface area contributed by atoms with E-state index in [4.69, 9.17) is 0 Å². The van der Waals surface area contributed by atoms with Gasteiger partial charge in [-0.25, -0.2) is 13.8 Å². The van der Waals surface area contributed by atoms with E-state index in [1.54, 1.807) is 17.2 Å². The molecule has 1 saturated carbocycles. The van der Waals surface area contributed by atoms with Crippen molar-refractivity contribution >= 4 is 40.1 Å². The van der Waals surface area contributed by atoms with E-state index in [1.807, 2.05) is 41.1 Å². The van der Waals surface area contributed by atoms with Crippen molar-refractivity contribution in [2.24, 2.45) is 4.99 Å². The molecule has 10 nitrogen and oxygen atoms in total. The van der Waals surface area contributed by atoms with Gasteiger partial charge in [-0.1, -0.05) is 30.3 Å². The number of allylic oxidation sites excluding steroid dienone is 2. The summed E-state index contributed by atoms with van der Waals surface area (Å²) in [6.45, 7) is 0.940. The average molecular weight is 623 g/mol. The number of pyridine rings is 1. The Morgan fingerprint density at radius 3 is 2.50 bits per heavy atom. The minimum Gasteiger partial charge on any atom is -0.351 e. The summed E-state index contributed by atoms with van der Waals surface area (Å²) in [4.78, 5) is 36.4. The van der Waals surface area contributed by atoms with E-state index >= 15 is 0 Å². The van der Waals surface area contributed by atoms with Crippen LogP contribution in [-0.2, 0) is 11.3 Å². The van der Waals surface area contributed by atoms with E-state index in [9.17, 15) is 18.4 Å². The van der Waals surface area contributed by atoms with Gasteiger partial charge >= 0.3 is 0 Å². The molecule has 1 atom stereocenters. The molecule has 0 spiro atoms. The number of nitrogens with one attached hydrogen (secondary N) is 3. The molecule has 1 fully saturated rings. The van der Waals surface area contributed by atoms with Gasteiger partial charge in [0.2, 0.25) is 5.91 Å². The molecular weight excluding hydrogens is 590 g/mol. The molecule has 12 heteroatoms. The fourth-order valence-electron chi connectivity index (χ4n) is 6.14. The van der Waals surface area contributed by atoms with Crippen molar-refractivity contribution < 1.29 is 18.4 Å². The molecule has 1 aliphatic carbocycles. The number of benzene rings is 2. The number of hydrogen-bond donors (Lipinski definition) is 3. The number of hydrogen-bond acceptors (Lipinski definition) is 7. The van der Waals surface area contributed by atoms with Crippen LogP contribution in [0.5, 0.6) is 0 Å². The standard InChI is InChI=1S/C34H32F2N8O2/c35-23-6-13-31-42-29(20-43(31)19-23)34(46)41-26-9-7-25(8-10-26)40-33(45)28-15-24(36)17-37-32(28)39-27-11-12-30-22(14-27)16-38-44(30)18-21-4-2-1-3-5-21/h1-6,11-17,19,25-26,29H,7-10,18,20H2,(H,37,39)(H,40,45)(H,41,46)/t25-,26+,29?. The van der Waals surface area contributed by atoms with Crippen LogP contribution >= 0.6 is 0 Å². The van der Waals surface area contributed by atoms with Gasteiger partial charge in [0.05, 0.1) is 36.6 Å². The first-order chi connectivity index (χ1) is 22.4. The van der Waals surface area contributed by atoms with Crippen LogP contribution in [-0.4, -0.2) is 62.0 Å². The Bertz CT molecular complexity index is 1880. The molecule has 0 bridgehead atoms. The third kappa shape index (κ3) is 6.37. The highest BCUT2D eigenvalue weighted by molar-refractivity contribution is 6.00. The maximum absolute atomic E-state index is 14.3. The molecule has 0 saturated heterocycles. The number of amidine groups is 1. The number of amides is 2. The average Bonchev–Trinajstić information content (AvgIpc) is 3.67. The molecule has 1 unspecified atom stereocenters. The molecule has 2 aromatic heterocycles. The van der Waals surface area contributed by atoms with Crippen LogP contribution in [0.15, 0.2) is 96.2 Å². The molecular formula is C34H32F2N8O2. The summed E-state index contributed by atoms with van der Waals surface area (Å²) in [6.07, 6.45) is 9.73. The van der Waals surface area contributed by atoms with E-state index in [1.165, 1.54) is 18.3 Å². The highest BCUT2D eigenvalue weighted by Crippen LogP contribution is 2.26. The molecule has 0 radical (unpaired) electrons. The van der Waals surface area contributed by atoms with Crippen molar-refractivity contribution in [3.8, 4) is 0 Å². The monoisotopic (exact) mass is 622 g/mol. The Balaban J connectivity index is 0.953. The summed E-state index contributed by atoms with van der Waals surface area (Å²) in [5, 5.41) is 14.7. The summed E-state index contributed by atoms with van der Waals surface area (Å²) in [5.74, 6) is -0.786. The van der Waals surface area contributed by atoms with E-state index in [0.29, 0.717) is 50.3 Å². The largest absolute Gasteiger partial charge is 0.351 e. The third-order valence-electron chi connectivity index (χ3n) is 8.51. The zero-order chi connectivity index (χ0) is 31.6. The summed E-state index contributed by atoms with van der Waals surface area (Å²) in [7, 11) is 0. The summed E-state index contributed by atoms with van der Waals surface area (Å²) >= 11 is 0. The molecule has 4 aromatic rings. The van der Waals surface area contributed by atoms with Gasteiger partial charge < -0.3 is 20.9 Å². The second-order valence-corrected chi connectivity index (χ2v) is 11.8. The Kier molecular flexibility index (Phi) is 8.00.